The predicted molar refractivity (Wildman–Crippen MR) is 130 cm³/mol. The smallest absolute Gasteiger partial charge is 0.295 e. The highest BCUT2D eigenvalue weighted by Gasteiger charge is 2.46. The molecule has 9 heteroatoms. The highest BCUT2D eigenvalue weighted by atomic mass is 79.9. The molecule has 1 unspecified atom stereocenters. The lowest BCUT2D eigenvalue weighted by molar-refractivity contribution is -0.139. The van der Waals surface area contributed by atoms with Crippen molar-refractivity contribution in [1.82, 2.24) is 14.5 Å². The van der Waals surface area contributed by atoms with Crippen molar-refractivity contribution >= 4 is 33.4 Å². The maximum absolute atomic E-state index is 13.2. The number of hydrogen-bond donors (Lipinski definition) is 1. The van der Waals surface area contributed by atoms with Crippen molar-refractivity contribution in [1.29, 1.82) is 0 Å². The van der Waals surface area contributed by atoms with Gasteiger partial charge in [0, 0.05) is 35.5 Å². The van der Waals surface area contributed by atoms with Crippen LogP contribution in [0, 0.1) is 0 Å². The topological polar surface area (TPSA) is 93.9 Å². The number of carbonyl (C=O) groups excluding carboxylic acids is 2. The second-order valence-electron chi connectivity index (χ2n) is 7.77. The van der Waals surface area contributed by atoms with Crippen molar-refractivity contribution in [2.75, 3.05) is 20.8 Å². The number of benzene rings is 2. The molecule has 34 heavy (non-hydrogen) atoms. The van der Waals surface area contributed by atoms with E-state index < -0.39 is 17.7 Å². The average Bonchev–Trinajstić information content (AvgIpc) is 3.46. The minimum absolute atomic E-state index is 0.0437. The second-order valence-corrected chi connectivity index (χ2v) is 8.68. The Labute approximate surface area is 205 Å². The van der Waals surface area contributed by atoms with Gasteiger partial charge in [0.15, 0.2) is 11.5 Å². The van der Waals surface area contributed by atoms with Crippen LogP contribution in [0.4, 0.5) is 0 Å². The fraction of sp³-hybridized carbons (Fsp3) is 0.240. The fourth-order valence-electron chi connectivity index (χ4n) is 4.09. The third kappa shape index (κ3) is 4.56. The lowest BCUT2D eigenvalue weighted by Gasteiger charge is -2.26. The van der Waals surface area contributed by atoms with Crippen molar-refractivity contribution in [2.45, 2.75) is 19.0 Å². The quantitative estimate of drug-likeness (QED) is 0.269. The Bertz CT molecular complexity index is 1220. The molecule has 2 heterocycles. The molecule has 0 aliphatic carbocycles. The normalized spacial score (nSPS) is 17.3. The number of halogens is 1. The summed E-state index contributed by atoms with van der Waals surface area (Å²) in [5.41, 5.74) is 1.13. The van der Waals surface area contributed by atoms with Crippen LogP contribution < -0.4 is 9.47 Å². The van der Waals surface area contributed by atoms with Gasteiger partial charge in [-0.05, 0) is 36.2 Å². The number of ketones is 1. The third-order valence-electron chi connectivity index (χ3n) is 5.76. The van der Waals surface area contributed by atoms with E-state index in [-0.39, 0.29) is 11.3 Å². The van der Waals surface area contributed by atoms with Gasteiger partial charge < -0.3 is 24.0 Å². The van der Waals surface area contributed by atoms with Crippen LogP contribution in [0.5, 0.6) is 11.5 Å². The fourth-order valence-corrected chi connectivity index (χ4v) is 4.35. The molecule has 1 aromatic heterocycles. The van der Waals surface area contributed by atoms with Crippen LogP contribution in [0.25, 0.3) is 5.76 Å². The van der Waals surface area contributed by atoms with Crippen LogP contribution in [0.1, 0.15) is 23.6 Å². The molecule has 3 aromatic rings. The molecule has 2 aromatic carbocycles. The summed E-state index contributed by atoms with van der Waals surface area (Å²) in [5.74, 6) is -0.599. The number of aryl methyl sites for hydroxylation is 1. The number of carbonyl (C=O) groups is 2. The highest BCUT2D eigenvalue weighted by molar-refractivity contribution is 9.10. The van der Waals surface area contributed by atoms with Gasteiger partial charge in [-0.1, -0.05) is 34.1 Å². The van der Waals surface area contributed by atoms with Gasteiger partial charge in [-0.3, -0.25) is 9.59 Å². The second kappa shape index (κ2) is 10.1. The first kappa shape index (κ1) is 23.6. The van der Waals surface area contributed by atoms with Crippen molar-refractivity contribution in [3.8, 4) is 11.5 Å². The largest absolute Gasteiger partial charge is 0.507 e. The number of nitrogens with zero attached hydrogens (tertiary/aromatic N) is 3. The van der Waals surface area contributed by atoms with E-state index in [0.29, 0.717) is 42.1 Å². The molecule has 1 N–H and O–H groups in total. The summed E-state index contributed by atoms with van der Waals surface area (Å²) >= 11 is 3.37. The summed E-state index contributed by atoms with van der Waals surface area (Å²) in [6.07, 6.45) is 5.83. The highest BCUT2D eigenvalue weighted by Crippen LogP contribution is 2.42. The number of imidazole rings is 1. The van der Waals surface area contributed by atoms with E-state index >= 15 is 0 Å². The number of aliphatic hydroxyl groups is 1. The average molecular weight is 526 g/mol. The van der Waals surface area contributed by atoms with Gasteiger partial charge in [-0.25, -0.2) is 4.98 Å². The van der Waals surface area contributed by atoms with E-state index in [2.05, 4.69) is 20.9 Å². The Morgan fingerprint density at radius 2 is 1.79 bits per heavy atom. The molecular weight excluding hydrogens is 502 g/mol. The Morgan fingerprint density at radius 1 is 1.06 bits per heavy atom. The third-order valence-corrected chi connectivity index (χ3v) is 6.28. The molecule has 1 atom stereocenters. The van der Waals surface area contributed by atoms with Crippen LogP contribution in [0.15, 0.2) is 71.2 Å². The van der Waals surface area contributed by atoms with Crippen LogP contribution in [0.2, 0.25) is 0 Å². The van der Waals surface area contributed by atoms with Gasteiger partial charge in [0.05, 0.1) is 32.2 Å². The number of aromatic nitrogens is 2. The van der Waals surface area contributed by atoms with Crippen LogP contribution >= 0.6 is 15.9 Å². The maximum atomic E-state index is 13.2. The number of Topliss-reactive ketones (excluding diaryl/α,β-unsaturated/α-hetero) is 1. The zero-order chi connectivity index (χ0) is 24.2. The summed E-state index contributed by atoms with van der Waals surface area (Å²) < 4.78 is 13.5. The molecule has 176 valence electrons. The summed E-state index contributed by atoms with van der Waals surface area (Å²) in [6.45, 7) is 0.952. The summed E-state index contributed by atoms with van der Waals surface area (Å²) in [6, 6.07) is 11.4. The van der Waals surface area contributed by atoms with Gasteiger partial charge in [0.25, 0.3) is 11.7 Å². The van der Waals surface area contributed by atoms with E-state index in [1.54, 1.807) is 55.0 Å². The molecule has 1 aliphatic heterocycles. The molecule has 4 rings (SSSR count). The molecule has 1 fully saturated rings. The maximum Gasteiger partial charge on any atom is 0.295 e. The molecule has 1 saturated heterocycles. The van der Waals surface area contributed by atoms with Gasteiger partial charge >= 0.3 is 0 Å². The molecule has 1 amide bonds. The molecule has 0 bridgehead atoms. The SMILES string of the molecule is COc1ccc(C2C(=C(O)c3ccc(Br)cc3)C(=O)C(=O)N2CCCn2ccnc2)cc1OC. The first-order chi connectivity index (χ1) is 16.4. The minimum Gasteiger partial charge on any atom is -0.507 e. The van der Waals surface area contributed by atoms with E-state index in [1.807, 2.05) is 10.8 Å². The molecular formula is C25H24BrN3O5. The molecule has 0 radical (unpaired) electrons. The van der Waals surface area contributed by atoms with Crippen molar-refractivity contribution in [3.05, 3.63) is 82.4 Å². The van der Waals surface area contributed by atoms with Gasteiger partial charge in [-0.2, -0.15) is 0 Å². The van der Waals surface area contributed by atoms with Crippen LogP contribution in [-0.4, -0.2) is 52.0 Å². The zero-order valence-electron chi connectivity index (χ0n) is 18.8. The Balaban J connectivity index is 1.77. The summed E-state index contributed by atoms with van der Waals surface area (Å²) in [5, 5.41) is 11.1. The zero-order valence-corrected chi connectivity index (χ0v) is 20.4. The monoisotopic (exact) mass is 525 g/mol. The van der Waals surface area contributed by atoms with Gasteiger partial charge in [0.2, 0.25) is 0 Å². The predicted octanol–water partition coefficient (Wildman–Crippen LogP) is 4.17. The number of amides is 1. The Hall–Kier alpha value is -3.59. The molecule has 0 saturated carbocycles. The lowest BCUT2D eigenvalue weighted by Crippen LogP contribution is -2.31. The standard InChI is InChI=1S/C25H24BrN3O5/c1-33-19-9-6-17(14-20(19)34-2)22-21(23(30)16-4-7-18(26)8-5-16)24(31)25(32)29(22)12-3-11-28-13-10-27-15-28/h4-10,13-15,22,30H,3,11-12H2,1-2H3. The summed E-state index contributed by atoms with van der Waals surface area (Å²) in [4.78, 5) is 31.8. The number of rotatable bonds is 8. The van der Waals surface area contributed by atoms with E-state index in [4.69, 9.17) is 9.47 Å². The van der Waals surface area contributed by atoms with Crippen molar-refractivity contribution < 1.29 is 24.2 Å². The van der Waals surface area contributed by atoms with Crippen LogP contribution in [0.3, 0.4) is 0 Å². The van der Waals surface area contributed by atoms with Crippen LogP contribution in [-0.2, 0) is 16.1 Å². The lowest BCUT2D eigenvalue weighted by atomic mass is 9.95. The van der Waals surface area contributed by atoms with Crippen molar-refractivity contribution in [3.63, 3.8) is 0 Å². The number of ether oxygens (including phenoxy) is 2. The van der Waals surface area contributed by atoms with Gasteiger partial charge in [0.1, 0.15) is 5.76 Å². The van der Waals surface area contributed by atoms with E-state index in [1.165, 1.54) is 19.1 Å². The first-order valence-electron chi connectivity index (χ1n) is 10.7. The minimum atomic E-state index is -0.772. The van der Waals surface area contributed by atoms with Gasteiger partial charge in [-0.15, -0.1) is 0 Å². The number of hydrogen-bond acceptors (Lipinski definition) is 6. The Kier molecular flexibility index (Phi) is 7.02. The number of likely N-dealkylation sites (tertiary alicyclic amines) is 1. The van der Waals surface area contributed by atoms with Crippen molar-refractivity contribution in [2.24, 2.45) is 0 Å². The first-order valence-corrected chi connectivity index (χ1v) is 11.5. The Morgan fingerprint density at radius 3 is 2.44 bits per heavy atom. The number of aliphatic hydroxyl groups excluding tert-OH is 1. The molecule has 8 nitrogen and oxygen atoms in total. The summed E-state index contributed by atoms with van der Waals surface area (Å²) in [7, 11) is 3.05. The number of methoxy groups -OCH3 is 2. The molecule has 0 spiro atoms. The van der Waals surface area contributed by atoms with E-state index in [9.17, 15) is 14.7 Å². The molecule has 1 aliphatic rings. The van der Waals surface area contributed by atoms with E-state index in [0.717, 1.165) is 4.47 Å².